The highest BCUT2D eigenvalue weighted by molar-refractivity contribution is 5.15. The second-order valence-corrected chi connectivity index (χ2v) is 6.44. The van der Waals surface area contributed by atoms with Crippen LogP contribution in [0.4, 0.5) is 0 Å². The van der Waals surface area contributed by atoms with Gasteiger partial charge in [-0.15, -0.1) is 0 Å². The molecule has 2 unspecified atom stereocenters. The highest BCUT2D eigenvalue weighted by Crippen LogP contribution is 2.50. The van der Waals surface area contributed by atoms with Crippen LogP contribution in [0.25, 0.3) is 0 Å². The SMILES string of the molecule is CC1(C)CCC(CN)(CCc2ccccc2)C1O. The monoisotopic (exact) mass is 247 g/mol. The Morgan fingerprint density at radius 1 is 1.22 bits per heavy atom. The summed E-state index contributed by atoms with van der Waals surface area (Å²) in [6.07, 6.45) is 3.83. The lowest BCUT2D eigenvalue weighted by atomic mass is 9.74. The van der Waals surface area contributed by atoms with Crippen LogP contribution in [0.5, 0.6) is 0 Å². The van der Waals surface area contributed by atoms with Crippen molar-refractivity contribution in [2.75, 3.05) is 6.54 Å². The number of hydrogen-bond acceptors (Lipinski definition) is 2. The molecule has 1 fully saturated rings. The molecule has 1 aliphatic carbocycles. The molecular formula is C16H25NO. The fourth-order valence-electron chi connectivity index (χ4n) is 3.29. The maximum Gasteiger partial charge on any atom is 0.0659 e. The molecule has 3 N–H and O–H groups in total. The molecule has 0 amide bonds. The molecule has 0 heterocycles. The molecule has 2 nitrogen and oxygen atoms in total. The molecule has 2 heteroatoms. The van der Waals surface area contributed by atoms with E-state index in [9.17, 15) is 5.11 Å². The first kappa shape index (κ1) is 13.6. The zero-order chi connectivity index (χ0) is 13.2. The van der Waals surface area contributed by atoms with E-state index in [1.807, 2.05) is 6.07 Å². The van der Waals surface area contributed by atoms with E-state index >= 15 is 0 Å². The number of aliphatic hydroxyl groups is 1. The Hall–Kier alpha value is -0.860. The number of nitrogens with two attached hydrogens (primary N) is 1. The minimum absolute atomic E-state index is 0.00998. The molecule has 1 aromatic carbocycles. The number of rotatable bonds is 4. The predicted molar refractivity (Wildman–Crippen MR) is 75.3 cm³/mol. The van der Waals surface area contributed by atoms with E-state index in [-0.39, 0.29) is 16.9 Å². The molecule has 0 saturated heterocycles. The smallest absolute Gasteiger partial charge is 0.0659 e. The fourth-order valence-corrected chi connectivity index (χ4v) is 3.29. The Labute approximate surface area is 110 Å². The van der Waals surface area contributed by atoms with Gasteiger partial charge in [-0.2, -0.15) is 0 Å². The van der Waals surface area contributed by atoms with Crippen molar-refractivity contribution < 1.29 is 5.11 Å². The number of aliphatic hydroxyl groups excluding tert-OH is 1. The molecule has 1 aromatic rings. The normalized spacial score (nSPS) is 30.6. The zero-order valence-electron chi connectivity index (χ0n) is 11.5. The van der Waals surface area contributed by atoms with Crippen LogP contribution in [0, 0.1) is 10.8 Å². The Morgan fingerprint density at radius 3 is 2.39 bits per heavy atom. The fraction of sp³-hybridized carbons (Fsp3) is 0.625. The lowest BCUT2D eigenvalue weighted by molar-refractivity contribution is -0.00890. The molecule has 0 spiro atoms. The van der Waals surface area contributed by atoms with Crippen LogP contribution in [0.2, 0.25) is 0 Å². The molecule has 2 atom stereocenters. The van der Waals surface area contributed by atoms with Crippen LogP contribution in [-0.2, 0) is 6.42 Å². The zero-order valence-corrected chi connectivity index (χ0v) is 11.5. The van der Waals surface area contributed by atoms with Gasteiger partial charge in [-0.25, -0.2) is 0 Å². The van der Waals surface area contributed by atoms with Gasteiger partial charge in [0, 0.05) is 12.0 Å². The molecular weight excluding hydrogens is 222 g/mol. The van der Waals surface area contributed by atoms with Gasteiger partial charge in [-0.05, 0) is 36.7 Å². The molecule has 0 aromatic heterocycles. The van der Waals surface area contributed by atoms with Crippen LogP contribution in [0.15, 0.2) is 30.3 Å². The van der Waals surface area contributed by atoms with Crippen molar-refractivity contribution in [3.63, 3.8) is 0 Å². The van der Waals surface area contributed by atoms with Gasteiger partial charge in [-0.3, -0.25) is 0 Å². The predicted octanol–water partition coefficient (Wildman–Crippen LogP) is 2.75. The van der Waals surface area contributed by atoms with Crippen molar-refractivity contribution in [1.82, 2.24) is 0 Å². The van der Waals surface area contributed by atoms with E-state index < -0.39 is 0 Å². The molecule has 1 aliphatic rings. The van der Waals surface area contributed by atoms with E-state index in [4.69, 9.17) is 5.73 Å². The number of aryl methyl sites for hydroxylation is 1. The Morgan fingerprint density at radius 2 is 1.89 bits per heavy atom. The van der Waals surface area contributed by atoms with Gasteiger partial charge in [0.25, 0.3) is 0 Å². The van der Waals surface area contributed by atoms with Crippen molar-refractivity contribution in [2.45, 2.75) is 45.6 Å². The van der Waals surface area contributed by atoms with E-state index in [1.54, 1.807) is 0 Å². The van der Waals surface area contributed by atoms with E-state index in [0.717, 1.165) is 25.7 Å². The molecule has 0 radical (unpaired) electrons. The third-order valence-electron chi connectivity index (χ3n) is 4.75. The summed E-state index contributed by atoms with van der Waals surface area (Å²) >= 11 is 0. The van der Waals surface area contributed by atoms with Gasteiger partial charge in [0.1, 0.15) is 0 Å². The highest BCUT2D eigenvalue weighted by atomic mass is 16.3. The van der Waals surface area contributed by atoms with Crippen molar-refractivity contribution in [2.24, 2.45) is 16.6 Å². The van der Waals surface area contributed by atoms with E-state index in [0.29, 0.717) is 6.54 Å². The van der Waals surface area contributed by atoms with E-state index in [1.165, 1.54) is 5.56 Å². The average molecular weight is 247 g/mol. The maximum absolute atomic E-state index is 10.6. The summed E-state index contributed by atoms with van der Waals surface area (Å²) in [7, 11) is 0. The summed E-state index contributed by atoms with van der Waals surface area (Å²) < 4.78 is 0. The molecule has 1 saturated carbocycles. The molecule has 0 bridgehead atoms. The lowest BCUT2D eigenvalue weighted by Crippen LogP contribution is -2.43. The summed E-state index contributed by atoms with van der Waals surface area (Å²) in [6, 6.07) is 10.5. The minimum atomic E-state index is -0.279. The first-order valence-electron chi connectivity index (χ1n) is 6.92. The maximum atomic E-state index is 10.6. The van der Waals surface area contributed by atoms with Gasteiger partial charge in [0.15, 0.2) is 0 Å². The second-order valence-electron chi connectivity index (χ2n) is 6.44. The average Bonchev–Trinajstić information content (AvgIpc) is 2.62. The summed E-state index contributed by atoms with van der Waals surface area (Å²) in [5.74, 6) is 0. The second kappa shape index (κ2) is 5.02. The third kappa shape index (κ3) is 2.45. The number of benzene rings is 1. The Balaban J connectivity index is 2.06. The molecule has 100 valence electrons. The van der Waals surface area contributed by atoms with Crippen molar-refractivity contribution in [3.8, 4) is 0 Å². The summed E-state index contributed by atoms with van der Waals surface area (Å²) in [6.45, 7) is 4.89. The van der Waals surface area contributed by atoms with Crippen LogP contribution in [0.3, 0.4) is 0 Å². The van der Waals surface area contributed by atoms with Crippen LogP contribution >= 0.6 is 0 Å². The molecule has 2 rings (SSSR count). The van der Waals surface area contributed by atoms with Crippen LogP contribution in [-0.4, -0.2) is 17.8 Å². The molecule has 0 aliphatic heterocycles. The first-order chi connectivity index (χ1) is 8.50. The first-order valence-corrected chi connectivity index (χ1v) is 6.92. The number of hydrogen-bond donors (Lipinski definition) is 2. The summed E-state index contributed by atoms with van der Waals surface area (Å²) in [5, 5.41) is 10.6. The highest BCUT2D eigenvalue weighted by Gasteiger charge is 2.50. The Bertz CT molecular complexity index is 387. The summed E-state index contributed by atoms with van der Waals surface area (Å²) in [4.78, 5) is 0. The molecule has 18 heavy (non-hydrogen) atoms. The van der Waals surface area contributed by atoms with Gasteiger partial charge < -0.3 is 10.8 Å². The van der Waals surface area contributed by atoms with Crippen LogP contribution < -0.4 is 5.73 Å². The topological polar surface area (TPSA) is 46.2 Å². The lowest BCUT2D eigenvalue weighted by Gasteiger charge is -2.36. The van der Waals surface area contributed by atoms with Gasteiger partial charge in [0.2, 0.25) is 0 Å². The third-order valence-corrected chi connectivity index (χ3v) is 4.75. The van der Waals surface area contributed by atoms with E-state index in [2.05, 4.69) is 38.1 Å². The quantitative estimate of drug-likeness (QED) is 0.859. The minimum Gasteiger partial charge on any atom is -0.392 e. The van der Waals surface area contributed by atoms with Gasteiger partial charge in [0.05, 0.1) is 6.10 Å². The van der Waals surface area contributed by atoms with Crippen LogP contribution in [0.1, 0.15) is 38.7 Å². The Kier molecular flexibility index (Phi) is 3.79. The van der Waals surface area contributed by atoms with Crippen molar-refractivity contribution in [1.29, 1.82) is 0 Å². The van der Waals surface area contributed by atoms with Gasteiger partial charge >= 0.3 is 0 Å². The standard InChI is InChI=1S/C16H25NO/c1-15(2)10-11-16(12-17,14(15)18)9-8-13-6-4-3-5-7-13/h3-7,14,18H,8-12,17H2,1-2H3. The van der Waals surface area contributed by atoms with Crippen molar-refractivity contribution >= 4 is 0 Å². The largest absolute Gasteiger partial charge is 0.392 e. The van der Waals surface area contributed by atoms with Gasteiger partial charge in [-0.1, -0.05) is 44.2 Å². The summed E-state index contributed by atoms with van der Waals surface area (Å²) in [5.41, 5.74) is 7.25. The van der Waals surface area contributed by atoms with Crippen molar-refractivity contribution in [3.05, 3.63) is 35.9 Å².